The molecule has 1 amide bonds. The first-order valence-corrected chi connectivity index (χ1v) is 7.85. The molecule has 0 bridgehead atoms. The fraction of sp³-hybridized carbons (Fsp3) is 0.588. The van der Waals surface area contributed by atoms with Crippen molar-refractivity contribution in [2.24, 2.45) is 17.6 Å². The Morgan fingerprint density at radius 1 is 1.15 bits per heavy atom. The van der Waals surface area contributed by atoms with Gasteiger partial charge in [0.25, 0.3) is 0 Å². The van der Waals surface area contributed by atoms with E-state index in [4.69, 9.17) is 5.73 Å². The van der Waals surface area contributed by atoms with Gasteiger partial charge in [-0.3, -0.25) is 4.79 Å². The van der Waals surface area contributed by atoms with Crippen LogP contribution in [0.5, 0.6) is 0 Å². The summed E-state index contributed by atoms with van der Waals surface area (Å²) in [6, 6.07) is 10.8. The second-order valence-electron chi connectivity index (χ2n) is 6.36. The first-order chi connectivity index (χ1) is 9.74. The lowest BCUT2D eigenvalue weighted by Gasteiger charge is -2.35. The van der Waals surface area contributed by atoms with E-state index in [0.717, 1.165) is 19.3 Å². The topological polar surface area (TPSA) is 55.1 Å². The van der Waals surface area contributed by atoms with Crippen LogP contribution in [0.25, 0.3) is 0 Å². The zero-order chi connectivity index (χ0) is 13.9. The van der Waals surface area contributed by atoms with Crippen LogP contribution < -0.4 is 11.1 Å². The summed E-state index contributed by atoms with van der Waals surface area (Å²) in [6.45, 7) is 0. The van der Waals surface area contributed by atoms with Crippen molar-refractivity contribution in [3.05, 3.63) is 35.9 Å². The fourth-order valence-corrected chi connectivity index (χ4v) is 3.43. The number of hydrogen-bond donors (Lipinski definition) is 2. The smallest absolute Gasteiger partial charge is 0.223 e. The van der Waals surface area contributed by atoms with Gasteiger partial charge >= 0.3 is 0 Å². The molecule has 0 spiro atoms. The van der Waals surface area contributed by atoms with Crippen LogP contribution in [0.3, 0.4) is 0 Å². The number of carbonyl (C=O) groups excluding carboxylic acids is 1. The molecular formula is C17H24N2O. The lowest BCUT2D eigenvalue weighted by molar-refractivity contribution is -0.126. The van der Waals surface area contributed by atoms with Crippen LogP contribution in [0.4, 0.5) is 0 Å². The Morgan fingerprint density at radius 3 is 2.45 bits per heavy atom. The van der Waals surface area contributed by atoms with Crippen LogP contribution >= 0.6 is 0 Å². The average Bonchev–Trinajstić information content (AvgIpc) is 2.84. The highest BCUT2D eigenvalue weighted by molar-refractivity contribution is 5.79. The molecule has 0 heterocycles. The molecule has 2 aliphatic carbocycles. The summed E-state index contributed by atoms with van der Waals surface area (Å²) in [7, 11) is 0. The SMILES string of the molecule is NC1CCC(C(=O)NC(c2ccccc2)C2CCC2)C1. The molecule has 3 rings (SSSR count). The third-order valence-corrected chi connectivity index (χ3v) is 4.92. The van der Waals surface area contributed by atoms with Crippen molar-refractivity contribution in [1.29, 1.82) is 0 Å². The maximum atomic E-state index is 12.5. The number of carbonyl (C=O) groups is 1. The highest BCUT2D eigenvalue weighted by atomic mass is 16.1. The summed E-state index contributed by atoms with van der Waals surface area (Å²) in [5.74, 6) is 0.936. The van der Waals surface area contributed by atoms with E-state index in [9.17, 15) is 4.79 Å². The molecule has 1 aromatic carbocycles. The summed E-state index contributed by atoms with van der Waals surface area (Å²) < 4.78 is 0. The molecule has 0 radical (unpaired) electrons. The van der Waals surface area contributed by atoms with Crippen LogP contribution in [0.2, 0.25) is 0 Å². The third-order valence-electron chi connectivity index (χ3n) is 4.92. The summed E-state index contributed by atoms with van der Waals surface area (Å²) >= 11 is 0. The maximum absolute atomic E-state index is 12.5. The van der Waals surface area contributed by atoms with Gasteiger partial charge in [0.15, 0.2) is 0 Å². The molecule has 1 aromatic rings. The van der Waals surface area contributed by atoms with E-state index in [1.807, 2.05) is 6.07 Å². The Bertz CT molecular complexity index is 455. The molecular weight excluding hydrogens is 248 g/mol. The zero-order valence-electron chi connectivity index (χ0n) is 11.9. The summed E-state index contributed by atoms with van der Waals surface area (Å²) in [4.78, 5) is 12.5. The van der Waals surface area contributed by atoms with Gasteiger partial charge in [-0.25, -0.2) is 0 Å². The standard InChI is InChI=1S/C17H24N2O/c18-15-10-9-14(11-15)17(20)19-16(13-7-4-8-13)12-5-2-1-3-6-12/h1-3,5-6,13-16H,4,7-11,18H2,(H,19,20). The summed E-state index contributed by atoms with van der Waals surface area (Å²) in [5, 5.41) is 3.30. The van der Waals surface area contributed by atoms with E-state index in [0.29, 0.717) is 5.92 Å². The molecule has 0 aromatic heterocycles. The number of hydrogen-bond acceptors (Lipinski definition) is 2. The Morgan fingerprint density at radius 2 is 1.90 bits per heavy atom. The van der Waals surface area contributed by atoms with Gasteiger partial charge in [-0.1, -0.05) is 36.8 Å². The summed E-state index contributed by atoms with van der Waals surface area (Å²) in [5.41, 5.74) is 7.17. The number of benzene rings is 1. The van der Waals surface area contributed by atoms with Gasteiger partial charge in [0.2, 0.25) is 5.91 Å². The van der Waals surface area contributed by atoms with E-state index in [-0.39, 0.29) is 23.9 Å². The minimum atomic E-state index is 0.122. The Kier molecular flexibility index (Phi) is 4.06. The monoisotopic (exact) mass is 272 g/mol. The van der Waals surface area contributed by atoms with Gasteiger partial charge < -0.3 is 11.1 Å². The first-order valence-electron chi connectivity index (χ1n) is 7.85. The summed E-state index contributed by atoms with van der Waals surface area (Å²) in [6.07, 6.45) is 6.51. The molecule has 3 atom stereocenters. The van der Waals surface area contributed by atoms with E-state index in [1.54, 1.807) is 0 Å². The molecule has 20 heavy (non-hydrogen) atoms. The van der Waals surface area contributed by atoms with Gasteiger partial charge in [-0.2, -0.15) is 0 Å². The molecule has 3 N–H and O–H groups in total. The van der Waals surface area contributed by atoms with Crippen molar-refractivity contribution in [3.8, 4) is 0 Å². The minimum absolute atomic E-state index is 0.122. The quantitative estimate of drug-likeness (QED) is 0.885. The number of rotatable bonds is 4. The van der Waals surface area contributed by atoms with E-state index < -0.39 is 0 Å². The number of amides is 1. The van der Waals surface area contributed by atoms with Crippen LogP contribution in [0, 0.1) is 11.8 Å². The minimum Gasteiger partial charge on any atom is -0.349 e. The van der Waals surface area contributed by atoms with Gasteiger partial charge in [-0.15, -0.1) is 0 Å². The number of nitrogens with one attached hydrogen (secondary N) is 1. The third kappa shape index (κ3) is 2.88. The van der Waals surface area contributed by atoms with Crippen molar-refractivity contribution in [1.82, 2.24) is 5.32 Å². The first kappa shape index (κ1) is 13.6. The van der Waals surface area contributed by atoms with E-state index >= 15 is 0 Å². The lowest BCUT2D eigenvalue weighted by atomic mass is 9.77. The van der Waals surface area contributed by atoms with Crippen LogP contribution in [0.1, 0.15) is 50.1 Å². The molecule has 3 nitrogen and oxygen atoms in total. The molecule has 0 aliphatic heterocycles. The average molecular weight is 272 g/mol. The predicted molar refractivity (Wildman–Crippen MR) is 80.0 cm³/mol. The highest BCUT2D eigenvalue weighted by Crippen LogP contribution is 2.38. The van der Waals surface area contributed by atoms with Crippen molar-refractivity contribution in [2.45, 2.75) is 50.6 Å². The van der Waals surface area contributed by atoms with Crippen molar-refractivity contribution in [3.63, 3.8) is 0 Å². The van der Waals surface area contributed by atoms with Crippen molar-refractivity contribution < 1.29 is 4.79 Å². The lowest BCUT2D eigenvalue weighted by Crippen LogP contribution is -2.39. The highest BCUT2D eigenvalue weighted by Gasteiger charge is 2.33. The molecule has 3 unspecified atom stereocenters. The molecule has 2 saturated carbocycles. The second-order valence-corrected chi connectivity index (χ2v) is 6.36. The molecule has 3 heteroatoms. The normalized spacial score (nSPS) is 27.9. The maximum Gasteiger partial charge on any atom is 0.223 e. The second kappa shape index (κ2) is 5.96. The van der Waals surface area contributed by atoms with Crippen LogP contribution in [-0.4, -0.2) is 11.9 Å². The Labute approximate surface area is 120 Å². The van der Waals surface area contributed by atoms with E-state index in [2.05, 4.69) is 29.6 Å². The molecule has 108 valence electrons. The van der Waals surface area contributed by atoms with Crippen LogP contribution in [-0.2, 0) is 4.79 Å². The predicted octanol–water partition coefficient (Wildman–Crippen LogP) is 2.77. The Balaban J connectivity index is 1.69. The van der Waals surface area contributed by atoms with E-state index in [1.165, 1.54) is 24.8 Å². The van der Waals surface area contributed by atoms with Crippen molar-refractivity contribution >= 4 is 5.91 Å². The van der Waals surface area contributed by atoms with Gasteiger partial charge in [0.1, 0.15) is 0 Å². The van der Waals surface area contributed by atoms with Crippen molar-refractivity contribution in [2.75, 3.05) is 0 Å². The van der Waals surface area contributed by atoms with Crippen LogP contribution in [0.15, 0.2) is 30.3 Å². The number of nitrogens with two attached hydrogens (primary N) is 1. The molecule has 2 fully saturated rings. The molecule has 2 aliphatic rings. The molecule has 0 saturated heterocycles. The van der Waals surface area contributed by atoms with Gasteiger partial charge in [0.05, 0.1) is 6.04 Å². The Hall–Kier alpha value is -1.35. The van der Waals surface area contributed by atoms with Gasteiger partial charge in [0, 0.05) is 12.0 Å². The fourth-order valence-electron chi connectivity index (χ4n) is 3.43. The van der Waals surface area contributed by atoms with Gasteiger partial charge in [-0.05, 0) is 43.6 Å². The largest absolute Gasteiger partial charge is 0.349 e. The zero-order valence-corrected chi connectivity index (χ0v) is 11.9.